The standard InChI is InChI=1S/C22H20ClFN4O2/c1-12(2)9-10-30-22(29)18-19-21(27-17-6-4-3-5-16(17)26-19)28(20(18)25)13-7-8-15(24)14(23)11-13/h3-8,11-12H,9-10,25H2,1-2H3. The lowest BCUT2D eigenvalue weighted by Crippen LogP contribution is -2.11. The smallest absolute Gasteiger partial charge is 0.344 e. The number of rotatable bonds is 5. The number of fused-ring (bicyclic) bond motifs is 2. The zero-order valence-electron chi connectivity index (χ0n) is 16.5. The number of hydrogen-bond acceptors (Lipinski definition) is 5. The number of carbonyl (C=O) groups excluding carboxylic acids is 1. The fourth-order valence-corrected chi connectivity index (χ4v) is 3.38. The molecule has 0 atom stereocenters. The molecular formula is C22H20ClFN4O2. The van der Waals surface area contributed by atoms with Gasteiger partial charge in [-0.15, -0.1) is 0 Å². The van der Waals surface area contributed by atoms with E-state index in [9.17, 15) is 9.18 Å². The van der Waals surface area contributed by atoms with Gasteiger partial charge >= 0.3 is 5.97 Å². The third-order valence-electron chi connectivity index (χ3n) is 4.79. The molecule has 0 aliphatic heterocycles. The van der Waals surface area contributed by atoms with Crippen molar-refractivity contribution in [1.29, 1.82) is 0 Å². The van der Waals surface area contributed by atoms with Gasteiger partial charge < -0.3 is 10.5 Å². The molecule has 2 aromatic heterocycles. The van der Waals surface area contributed by atoms with Gasteiger partial charge in [-0.25, -0.2) is 19.2 Å². The SMILES string of the molecule is CC(C)CCOC(=O)c1c(N)n(-c2ccc(F)c(Cl)c2)c2nc3ccccc3nc12. The van der Waals surface area contributed by atoms with Crippen LogP contribution in [0.4, 0.5) is 10.2 Å². The number of anilines is 1. The van der Waals surface area contributed by atoms with Crippen molar-refractivity contribution in [3.63, 3.8) is 0 Å². The maximum atomic E-state index is 13.7. The van der Waals surface area contributed by atoms with E-state index in [4.69, 9.17) is 22.1 Å². The Bertz CT molecular complexity index is 1270. The number of carbonyl (C=O) groups is 1. The summed E-state index contributed by atoms with van der Waals surface area (Å²) in [6.07, 6.45) is 0.729. The second kappa shape index (κ2) is 7.91. The Labute approximate surface area is 177 Å². The summed E-state index contributed by atoms with van der Waals surface area (Å²) >= 11 is 5.97. The topological polar surface area (TPSA) is 83.0 Å². The van der Waals surface area contributed by atoms with Crippen LogP contribution in [0.1, 0.15) is 30.6 Å². The van der Waals surface area contributed by atoms with Crippen molar-refractivity contribution >= 4 is 45.6 Å². The van der Waals surface area contributed by atoms with Gasteiger partial charge in [0.15, 0.2) is 5.65 Å². The molecule has 0 amide bonds. The number of para-hydroxylation sites is 2. The van der Waals surface area contributed by atoms with Crippen molar-refractivity contribution in [2.45, 2.75) is 20.3 Å². The minimum Gasteiger partial charge on any atom is -0.462 e. The van der Waals surface area contributed by atoms with E-state index in [0.29, 0.717) is 33.8 Å². The number of esters is 1. The lowest BCUT2D eigenvalue weighted by molar-refractivity contribution is 0.0491. The van der Waals surface area contributed by atoms with E-state index in [-0.39, 0.29) is 23.0 Å². The van der Waals surface area contributed by atoms with E-state index >= 15 is 0 Å². The van der Waals surface area contributed by atoms with Crippen molar-refractivity contribution in [3.8, 4) is 5.69 Å². The van der Waals surface area contributed by atoms with E-state index in [1.807, 2.05) is 32.0 Å². The lowest BCUT2D eigenvalue weighted by atomic mass is 10.1. The molecule has 0 unspecified atom stereocenters. The molecule has 8 heteroatoms. The van der Waals surface area contributed by atoms with Crippen molar-refractivity contribution in [2.75, 3.05) is 12.3 Å². The number of nitrogens with zero attached hydrogens (tertiary/aromatic N) is 3. The van der Waals surface area contributed by atoms with Gasteiger partial charge in [-0.1, -0.05) is 37.6 Å². The number of benzene rings is 2. The first-order chi connectivity index (χ1) is 14.4. The summed E-state index contributed by atoms with van der Waals surface area (Å²) < 4.78 is 20.7. The highest BCUT2D eigenvalue weighted by Gasteiger charge is 2.26. The first kappa shape index (κ1) is 20.1. The van der Waals surface area contributed by atoms with E-state index in [1.54, 1.807) is 10.6 Å². The number of ether oxygens (including phenoxy) is 1. The van der Waals surface area contributed by atoms with Crippen LogP contribution in [0.3, 0.4) is 0 Å². The molecule has 2 aromatic carbocycles. The molecule has 0 fully saturated rings. The Kier molecular flexibility index (Phi) is 5.30. The fraction of sp³-hybridized carbons (Fsp3) is 0.227. The summed E-state index contributed by atoms with van der Waals surface area (Å²) in [5.41, 5.74) is 8.92. The molecule has 4 rings (SSSR count). The van der Waals surface area contributed by atoms with Crippen LogP contribution in [0.5, 0.6) is 0 Å². The van der Waals surface area contributed by atoms with Crippen molar-refractivity contribution in [1.82, 2.24) is 14.5 Å². The number of halogens is 2. The Hall–Kier alpha value is -3.19. The van der Waals surface area contributed by atoms with Crippen LogP contribution < -0.4 is 5.73 Å². The number of aromatic nitrogens is 3. The predicted octanol–water partition coefficient (Wildman–Crippen LogP) is 5.15. The monoisotopic (exact) mass is 426 g/mol. The van der Waals surface area contributed by atoms with Crippen molar-refractivity contribution in [3.05, 3.63) is 58.9 Å². The molecule has 0 bridgehead atoms. The lowest BCUT2D eigenvalue weighted by Gasteiger charge is -2.09. The van der Waals surface area contributed by atoms with Crippen LogP contribution in [0, 0.1) is 11.7 Å². The molecule has 4 aromatic rings. The molecule has 30 heavy (non-hydrogen) atoms. The van der Waals surface area contributed by atoms with Crippen molar-refractivity contribution in [2.24, 2.45) is 5.92 Å². The number of nitrogen functional groups attached to an aromatic ring is 1. The highest BCUT2D eigenvalue weighted by molar-refractivity contribution is 6.31. The van der Waals surface area contributed by atoms with Crippen LogP contribution >= 0.6 is 11.6 Å². The highest BCUT2D eigenvalue weighted by atomic mass is 35.5. The summed E-state index contributed by atoms with van der Waals surface area (Å²) in [5, 5.41) is -0.0661. The van der Waals surface area contributed by atoms with Crippen LogP contribution in [0.15, 0.2) is 42.5 Å². The van der Waals surface area contributed by atoms with E-state index < -0.39 is 11.8 Å². The largest absolute Gasteiger partial charge is 0.462 e. The molecule has 6 nitrogen and oxygen atoms in total. The molecule has 0 spiro atoms. The van der Waals surface area contributed by atoms with Gasteiger partial charge in [-0.05, 0) is 42.7 Å². The Balaban J connectivity index is 1.94. The summed E-state index contributed by atoms with van der Waals surface area (Å²) in [5.74, 6) is -0.630. The van der Waals surface area contributed by atoms with E-state index in [0.717, 1.165) is 6.42 Å². The molecule has 0 radical (unpaired) electrons. The summed E-state index contributed by atoms with van der Waals surface area (Å²) in [7, 11) is 0. The van der Waals surface area contributed by atoms with Crippen LogP contribution in [-0.4, -0.2) is 27.1 Å². The molecule has 0 aliphatic rings. The van der Waals surface area contributed by atoms with Crippen LogP contribution in [0.2, 0.25) is 5.02 Å². The molecule has 2 heterocycles. The Morgan fingerprint density at radius 2 is 1.90 bits per heavy atom. The summed E-state index contributed by atoms with van der Waals surface area (Å²) in [6, 6.07) is 11.5. The van der Waals surface area contributed by atoms with E-state index in [2.05, 4.69) is 9.97 Å². The maximum absolute atomic E-state index is 13.7. The van der Waals surface area contributed by atoms with Crippen LogP contribution in [-0.2, 0) is 4.74 Å². The van der Waals surface area contributed by atoms with Crippen molar-refractivity contribution < 1.29 is 13.9 Å². The van der Waals surface area contributed by atoms with Gasteiger partial charge in [0.1, 0.15) is 22.7 Å². The number of nitrogens with two attached hydrogens (primary N) is 1. The number of hydrogen-bond donors (Lipinski definition) is 1. The molecule has 0 saturated heterocycles. The zero-order valence-corrected chi connectivity index (χ0v) is 17.3. The van der Waals surface area contributed by atoms with Gasteiger partial charge in [0.05, 0.1) is 28.4 Å². The molecule has 154 valence electrons. The summed E-state index contributed by atoms with van der Waals surface area (Å²) in [4.78, 5) is 22.2. The quantitative estimate of drug-likeness (QED) is 0.446. The second-order valence-electron chi connectivity index (χ2n) is 7.40. The molecule has 0 aliphatic carbocycles. The maximum Gasteiger partial charge on any atom is 0.344 e. The van der Waals surface area contributed by atoms with Gasteiger partial charge in [0, 0.05) is 0 Å². The molecule has 2 N–H and O–H groups in total. The Morgan fingerprint density at radius 3 is 2.57 bits per heavy atom. The van der Waals surface area contributed by atoms with Gasteiger partial charge in [-0.3, -0.25) is 4.57 Å². The summed E-state index contributed by atoms with van der Waals surface area (Å²) in [6.45, 7) is 4.36. The average Bonchev–Trinajstić information content (AvgIpc) is 2.98. The first-order valence-electron chi connectivity index (χ1n) is 9.56. The minimum absolute atomic E-state index is 0.0661. The second-order valence-corrected chi connectivity index (χ2v) is 7.80. The van der Waals surface area contributed by atoms with Gasteiger partial charge in [-0.2, -0.15) is 0 Å². The molecular weight excluding hydrogens is 407 g/mol. The third-order valence-corrected chi connectivity index (χ3v) is 5.08. The first-order valence-corrected chi connectivity index (χ1v) is 9.94. The third kappa shape index (κ3) is 3.57. The van der Waals surface area contributed by atoms with Gasteiger partial charge in [0.2, 0.25) is 0 Å². The van der Waals surface area contributed by atoms with Gasteiger partial charge in [0.25, 0.3) is 0 Å². The Morgan fingerprint density at radius 1 is 1.20 bits per heavy atom. The minimum atomic E-state index is -0.574. The van der Waals surface area contributed by atoms with Crippen LogP contribution in [0.25, 0.3) is 27.9 Å². The fourth-order valence-electron chi connectivity index (χ4n) is 3.21. The molecule has 0 saturated carbocycles. The zero-order chi connectivity index (χ0) is 21.4. The average molecular weight is 427 g/mol. The van der Waals surface area contributed by atoms with E-state index in [1.165, 1.54) is 18.2 Å². The normalized spacial score (nSPS) is 11.5. The highest BCUT2D eigenvalue weighted by Crippen LogP contribution is 2.32. The predicted molar refractivity (Wildman–Crippen MR) is 115 cm³/mol.